The van der Waals surface area contributed by atoms with Gasteiger partial charge in [0, 0.05) is 0 Å². The molecule has 0 aromatic carbocycles. The molecule has 0 aliphatic heterocycles. The van der Waals surface area contributed by atoms with Crippen molar-refractivity contribution < 1.29 is 18.9 Å². The topological polar surface area (TPSA) is 66.8 Å². The first-order valence-electron chi connectivity index (χ1n) is 5.82. The van der Waals surface area contributed by atoms with Crippen LogP contribution >= 0.6 is 7.82 Å². The van der Waals surface area contributed by atoms with Gasteiger partial charge in [0.15, 0.2) is 0 Å². The third-order valence-electron chi connectivity index (χ3n) is 2.84. The molecular formula is C10H21O4P. The van der Waals surface area contributed by atoms with Crippen LogP contribution in [-0.2, 0) is 9.09 Å². The van der Waals surface area contributed by atoms with Gasteiger partial charge >= 0.3 is 7.82 Å². The lowest BCUT2D eigenvalue weighted by Crippen LogP contribution is -2.12. The second-order valence-corrected chi connectivity index (χ2v) is 5.46. The van der Waals surface area contributed by atoms with E-state index in [1.165, 1.54) is 19.3 Å². The van der Waals surface area contributed by atoms with Crippen molar-refractivity contribution in [1.82, 2.24) is 0 Å². The van der Waals surface area contributed by atoms with E-state index in [-0.39, 0.29) is 6.10 Å². The van der Waals surface area contributed by atoms with E-state index in [0.29, 0.717) is 0 Å². The zero-order chi connectivity index (χ0) is 11.1. The van der Waals surface area contributed by atoms with Gasteiger partial charge in [0.25, 0.3) is 0 Å². The molecule has 1 aliphatic carbocycles. The van der Waals surface area contributed by atoms with Crippen molar-refractivity contribution in [2.75, 3.05) is 0 Å². The normalized spacial score (nSPS) is 22.5. The lowest BCUT2D eigenvalue weighted by atomic mass is 9.99. The highest BCUT2D eigenvalue weighted by Gasteiger charge is 2.21. The average Bonchev–Trinajstić information content (AvgIpc) is 2.13. The van der Waals surface area contributed by atoms with Crippen molar-refractivity contribution in [1.29, 1.82) is 0 Å². The highest BCUT2D eigenvalue weighted by Crippen LogP contribution is 2.40. The van der Waals surface area contributed by atoms with Gasteiger partial charge in [-0.2, -0.15) is 0 Å². The van der Waals surface area contributed by atoms with Crippen LogP contribution in [-0.4, -0.2) is 15.9 Å². The summed E-state index contributed by atoms with van der Waals surface area (Å²) >= 11 is 0. The van der Waals surface area contributed by atoms with Crippen molar-refractivity contribution in [2.45, 2.75) is 63.9 Å². The van der Waals surface area contributed by atoms with Crippen LogP contribution in [0.4, 0.5) is 0 Å². The van der Waals surface area contributed by atoms with Crippen LogP contribution in [0.1, 0.15) is 57.8 Å². The molecule has 0 amide bonds. The molecule has 5 heteroatoms. The van der Waals surface area contributed by atoms with E-state index in [4.69, 9.17) is 14.3 Å². The third-order valence-corrected chi connectivity index (χ3v) is 3.41. The van der Waals surface area contributed by atoms with Crippen LogP contribution in [0.3, 0.4) is 0 Å². The van der Waals surface area contributed by atoms with Gasteiger partial charge in [-0.1, -0.05) is 44.9 Å². The highest BCUT2D eigenvalue weighted by atomic mass is 31.2. The molecule has 0 bridgehead atoms. The molecule has 0 radical (unpaired) electrons. The smallest absolute Gasteiger partial charge is 0.303 e. The monoisotopic (exact) mass is 236 g/mol. The highest BCUT2D eigenvalue weighted by molar-refractivity contribution is 7.46. The molecule has 90 valence electrons. The summed E-state index contributed by atoms with van der Waals surface area (Å²) in [6, 6.07) is 0. The molecule has 1 fully saturated rings. The maximum absolute atomic E-state index is 10.7. The molecular weight excluding hydrogens is 215 g/mol. The van der Waals surface area contributed by atoms with Gasteiger partial charge in [-0.25, -0.2) is 4.57 Å². The van der Waals surface area contributed by atoms with Crippen LogP contribution in [0.2, 0.25) is 0 Å². The average molecular weight is 236 g/mol. The minimum atomic E-state index is -4.29. The van der Waals surface area contributed by atoms with Crippen molar-refractivity contribution in [3.63, 3.8) is 0 Å². The second kappa shape index (κ2) is 6.64. The summed E-state index contributed by atoms with van der Waals surface area (Å²) in [5.41, 5.74) is 0. The van der Waals surface area contributed by atoms with Crippen LogP contribution in [0.25, 0.3) is 0 Å². The Kier molecular flexibility index (Phi) is 5.83. The second-order valence-electron chi connectivity index (χ2n) is 4.27. The van der Waals surface area contributed by atoms with Gasteiger partial charge < -0.3 is 9.79 Å². The van der Waals surface area contributed by atoms with Crippen molar-refractivity contribution >= 4 is 7.82 Å². The Labute approximate surface area is 91.3 Å². The fraction of sp³-hybridized carbons (Fsp3) is 1.00. The van der Waals surface area contributed by atoms with Crippen molar-refractivity contribution in [2.24, 2.45) is 0 Å². The molecule has 4 nitrogen and oxygen atoms in total. The summed E-state index contributed by atoms with van der Waals surface area (Å²) in [7, 11) is -4.29. The molecule has 1 rings (SSSR count). The standard InChI is InChI=1S/C10H21O4P/c11-15(12,13)14-10-8-6-4-2-1-3-5-7-9-10/h10H,1-9H2,(H2,11,12,13). The lowest BCUT2D eigenvalue weighted by Gasteiger charge is -2.19. The summed E-state index contributed by atoms with van der Waals surface area (Å²) in [5, 5.41) is 0. The van der Waals surface area contributed by atoms with E-state index in [0.717, 1.165) is 38.5 Å². The van der Waals surface area contributed by atoms with Gasteiger partial charge in [0.2, 0.25) is 0 Å². The van der Waals surface area contributed by atoms with Crippen LogP contribution < -0.4 is 0 Å². The first-order valence-corrected chi connectivity index (χ1v) is 7.35. The number of hydrogen-bond acceptors (Lipinski definition) is 2. The number of phosphoric acid groups is 1. The van der Waals surface area contributed by atoms with E-state index in [9.17, 15) is 4.57 Å². The van der Waals surface area contributed by atoms with E-state index in [1.54, 1.807) is 0 Å². The van der Waals surface area contributed by atoms with Gasteiger partial charge in [0.1, 0.15) is 0 Å². The third kappa shape index (κ3) is 7.07. The molecule has 1 aliphatic rings. The first kappa shape index (κ1) is 13.2. The summed E-state index contributed by atoms with van der Waals surface area (Å²) in [6.07, 6.45) is 9.44. The Morgan fingerprint density at radius 1 is 0.867 bits per heavy atom. The van der Waals surface area contributed by atoms with Gasteiger partial charge in [0.05, 0.1) is 6.10 Å². The molecule has 0 heterocycles. The van der Waals surface area contributed by atoms with Crippen molar-refractivity contribution in [3.8, 4) is 0 Å². The molecule has 0 aromatic heterocycles. The molecule has 0 unspecified atom stereocenters. The largest absolute Gasteiger partial charge is 0.469 e. The maximum Gasteiger partial charge on any atom is 0.469 e. The lowest BCUT2D eigenvalue weighted by molar-refractivity contribution is 0.114. The Balaban J connectivity index is 2.35. The Morgan fingerprint density at radius 3 is 1.67 bits per heavy atom. The van der Waals surface area contributed by atoms with Crippen LogP contribution in [0.5, 0.6) is 0 Å². The number of rotatable bonds is 2. The van der Waals surface area contributed by atoms with E-state index < -0.39 is 7.82 Å². The number of phosphoric ester groups is 1. The Morgan fingerprint density at radius 2 is 1.27 bits per heavy atom. The number of hydrogen-bond donors (Lipinski definition) is 2. The van der Waals surface area contributed by atoms with Gasteiger partial charge in [-0.15, -0.1) is 0 Å². The van der Waals surface area contributed by atoms with E-state index >= 15 is 0 Å². The quantitative estimate of drug-likeness (QED) is 0.723. The molecule has 15 heavy (non-hydrogen) atoms. The Hall–Kier alpha value is 0.110. The molecule has 2 N–H and O–H groups in total. The van der Waals surface area contributed by atoms with Gasteiger partial charge in [-0.3, -0.25) is 4.52 Å². The van der Waals surface area contributed by atoms with Gasteiger partial charge in [-0.05, 0) is 12.8 Å². The molecule has 0 aromatic rings. The first-order chi connectivity index (χ1) is 7.08. The fourth-order valence-corrected chi connectivity index (χ4v) is 2.67. The summed E-state index contributed by atoms with van der Waals surface area (Å²) in [6.45, 7) is 0. The minimum Gasteiger partial charge on any atom is -0.303 e. The van der Waals surface area contributed by atoms with Crippen LogP contribution in [0, 0.1) is 0 Å². The predicted molar refractivity (Wildman–Crippen MR) is 58.5 cm³/mol. The summed E-state index contributed by atoms with van der Waals surface area (Å²) in [4.78, 5) is 17.5. The SMILES string of the molecule is O=P(O)(O)OC1CCCCCCCCC1. The van der Waals surface area contributed by atoms with Crippen molar-refractivity contribution in [3.05, 3.63) is 0 Å². The fourth-order valence-electron chi connectivity index (χ4n) is 2.07. The predicted octanol–water partition coefficient (Wildman–Crippen LogP) is 2.99. The molecule has 0 spiro atoms. The summed E-state index contributed by atoms with van der Waals surface area (Å²) in [5.74, 6) is 0. The Bertz CT molecular complexity index is 203. The van der Waals surface area contributed by atoms with E-state index in [1.807, 2.05) is 0 Å². The molecule has 0 saturated heterocycles. The summed E-state index contributed by atoms with van der Waals surface area (Å²) < 4.78 is 15.5. The zero-order valence-electron chi connectivity index (χ0n) is 9.10. The molecule has 1 saturated carbocycles. The maximum atomic E-state index is 10.7. The zero-order valence-corrected chi connectivity index (χ0v) is 9.99. The molecule has 0 atom stereocenters. The minimum absolute atomic E-state index is 0.246. The van der Waals surface area contributed by atoms with Crippen LogP contribution in [0.15, 0.2) is 0 Å². The van der Waals surface area contributed by atoms with E-state index in [2.05, 4.69) is 0 Å².